The second-order valence-corrected chi connectivity index (χ2v) is 12.0. The fourth-order valence-electron chi connectivity index (χ4n) is 5.77. The lowest BCUT2D eigenvalue weighted by atomic mass is 9.86. The molecule has 0 radical (unpaired) electrons. The molecule has 0 fully saturated rings. The van der Waals surface area contributed by atoms with Gasteiger partial charge in [0.2, 0.25) is 0 Å². The van der Waals surface area contributed by atoms with E-state index < -0.39 is 0 Å². The van der Waals surface area contributed by atoms with Crippen LogP contribution in [0.15, 0.2) is 12.1 Å². The standard InChI is InChI=1S/C35H64O/c1-6-8-10-12-14-16-18-20-22-24-26-31(4)33-28-30(3)29-34(35(33)36)32(5)27-25-23-21-19-17-15-13-11-9-7-2/h28-29,31-32,36H,6-27H2,1-5H3. The smallest absolute Gasteiger partial charge is 0.122 e. The Balaban J connectivity index is 2.31. The van der Waals surface area contributed by atoms with E-state index in [1.54, 1.807) is 0 Å². The molecule has 1 rings (SSSR count). The number of phenolic OH excluding ortho intramolecular Hbond substituents is 1. The molecule has 1 heteroatoms. The summed E-state index contributed by atoms with van der Waals surface area (Å²) >= 11 is 0. The van der Waals surface area contributed by atoms with Gasteiger partial charge in [-0.15, -0.1) is 0 Å². The Morgan fingerprint density at radius 3 is 1.08 bits per heavy atom. The molecule has 36 heavy (non-hydrogen) atoms. The second-order valence-electron chi connectivity index (χ2n) is 12.0. The predicted molar refractivity (Wildman–Crippen MR) is 163 cm³/mol. The molecule has 1 N–H and O–H groups in total. The van der Waals surface area contributed by atoms with Gasteiger partial charge in [-0.25, -0.2) is 0 Å². The second kappa shape index (κ2) is 22.0. The molecule has 0 aromatic heterocycles. The normalized spacial score (nSPS) is 13.2. The topological polar surface area (TPSA) is 20.2 Å². The van der Waals surface area contributed by atoms with Crippen LogP contribution in [0, 0.1) is 6.92 Å². The summed E-state index contributed by atoms with van der Waals surface area (Å²) in [6.45, 7) is 11.4. The number of aromatic hydroxyl groups is 1. The quantitative estimate of drug-likeness (QED) is 0.140. The molecule has 0 amide bonds. The largest absolute Gasteiger partial charge is 0.507 e. The van der Waals surface area contributed by atoms with Gasteiger partial charge in [0.15, 0.2) is 0 Å². The van der Waals surface area contributed by atoms with Crippen LogP contribution in [0.25, 0.3) is 0 Å². The molecular weight excluding hydrogens is 436 g/mol. The molecule has 0 aliphatic carbocycles. The maximum atomic E-state index is 11.2. The summed E-state index contributed by atoms with van der Waals surface area (Å²) in [7, 11) is 0. The number of aryl methyl sites for hydroxylation is 1. The van der Waals surface area contributed by atoms with Crippen molar-refractivity contribution < 1.29 is 5.11 Å². The van der Waals surface area contributed by atoms with Gasteiger partial charge >= 0.3 is 0 Å². The molecule has 2 unspecified atom stereocenters. The molecule has 0 aliphatic rings. The highest BCUT2D eigenvalue weighted by Crippen LogP contribution is 2.38. The highest BCUT2D eigenvalue weighted by Gasteiger charge is 2.18. The lowest BCUT2D eigenvalue weighted by Crippen LogP contribution is -2.02. The summed E-state index contributed by atoms with van der Waals surface area (Å²) in [6.07, 6.45) is 30.1. The molecule has 0 saturated heterocycles. The first kappa shape index (κ1) is 33.0. The fraction of sp³-hybridized carbons (Fsp3) is 0.829. The fourth-order valence-corrected chi connectivity index (χ4v) is 5.77. The van der Waals surface area contributed by atoms with Crippen LogP contribution in [0.2, 0.25) is 0 Å². The van der Waals surface area contributed by atoms with Crippen molar-refractivity contribution in [2.45, 2.75) is 188 Å². The zero-order chi connectivity index (χ0) is 26.4. The van der Waals surface area contributed by atoms with Crippen LogP contribution in [0.4, 0.5) is 0 Å². The van der Waals surface area contributed by atoms with E-state index in [1.165, 1.54) is 158 Å². The SMILES string of the molecule is CCCCCCCCCCCCC(C)c1cc(C)cc(C(C)CCCCCCCCCCCC)c1O. The van der Waals surface area contributed by atoms with E-state index in [9.17, 15) is 5.11 Å². The van der Waals surface area contributed by atoms with Crippen LogP contribution >= 0.6 is 0 Å². The van der Waals surface area contributed by atoms with Crippen molar-refractivity contribution in [2.75, 3.05) is 0 Å². The number of benzene rings is 1. The minimum atomic E-state index is 0.447. The van der Waals surface area contributed by atoms with Crippen molar-refractivity contribution in [2.24, 2.45) is 0 Å². The van der Waals surface area contributed by atoms with Crippen molar-refractivity contribution in [3.63, 3.8) is 0 Å². The van der Waals surface area contributed by atoms with Crippen molar-refractivity contribution in [3.8, 4) is 5.75 Å². The predicted octanol–water partition coefficient (Wildman–Crippen LogP) is 12.5. The van der Waals surface area contributed by atoms with Crippen molar-refractivity contribution in [3.05, 3.63) is 28.8 Å². The van der Waals surface area contributed by atoms with Gasteiger partial charge in [0.1, 0.15) is 5.75 Å². The van der Waals surface area contributed by atoms with Gasteiger partial charge in [0.25, 0.3) is 0 Å². The molecular formula is C35H64O. The van der Waals surface area contributed by atoms with E-state index in [0.717, 1.165) is 0 Å². The first-order chi connectivity index (χ1) is 17.5. The van der Waals surface area contributed by atoms with E-state index in [4.69, 9.17) is 0 Å². The van der Waals surface area contributed by atoms with E-state index >= 15 is 0 Å². The molecule has 0 saturated carbocycles. The zero-order valence-corrected chi connectivity index (χ0v) is 25.3. The molecule has 1 nitrogen and oxygen atoms in total. The van der Waals surface area contributed by atoms with Crippen LogP contribution in [-0.2, 0) is 0 Å². The van der Waals surface area contributed by atoms with Gasteiger partial charge in [0, 0.05) is 0 Å². The Kier molecular flexibility index (Phi) is 20.2. The van der Waals surface area contributed by atoms with E-state index in [0.29, 0.717) is 17.6 Å². The molecule has 1 aromatic carbocycles. The van der Waals surface area contributed by atoms with Gasteiger partial charge < -0.3 is 5.11 Å². The van der Waals surface area contributed by atoms with Gasteiger partial charge in [-0.2, -0.15) is 0 Å². The number of hydrogen-bond donors (Lipinski definition) is 1. The van der Waals surface area contributed by atoms with E-state index in [2.05, 4.69) is 46.8 Å². The number of hydrogen-bond acceptors (Lipinski definition) is 1. The summed E-state index contributed by atoms with van der Waals surface area (Å²) in [5, 5.41) is 11.2. The summed E-state index contributed by atoms with van der Waals surface area (Å²) in [6, 6.07) is 4.49. The van der Waals surface area contributed by atoms with E-state index in [1.807, 2.05) is 0 Å². The Morgan fingerprint density at radius 1 is 0.500 bits per heavy atom. The average Bonchev–Trinajstić information content (AvgIpc) is 2.87. The number of unbranched alkanes of at least 4 members (excludes halogenated alkanes) is 18. The lowest BCUT2D eigenvalue weighted by molar-refractivity contribution is 0.441. The molecule has 0 bridgehead atoms. The monoisotopic (exact) mass is 500 g/mol. The Hall–Kier alpha value is -0.980. The number of rotatable bonds is 24. The zero-order valence-electron chi connectivity index (χ0n) is 25.3. The Labute approximate surface area is 227 Å². The number of phenols is 1. The van der Waals surface area contributed by atoms with Crippen molar-refractivity contribution in [1.82, 2.24) is 0 Å². The molecule has 2 atom stereocenters. The lowest BCUT2D eigenvalue weighted by Gasteiger charge is -2.21. The molecule has 0 spiro atoms. The van der Waals surface area contributed by atoms with Crippen LogP contribution in [0.1, 0.15) is 197 Å². The van der Waals surface area contributed by atoms with Gasteiger partial charge in [0.05, 0.1) is 0 Å². The maximum Gasteiger partial charge on any atom is 0.122 e. The van der Waals surface area contributed by atoms with Crippen LogP contribution in [0.5, 0.6) is 5.75 Å². The third-order valence-corrected chi connectivity index (χ3v) is 8.36. The summed E-state index contributed by atoms with van der Waals surface area (Å²) in [5.41, 5.74) is 3.69. The van der Waals surface area contributed by atoms with E-state index in [-0.39, 0.29) is 0 Å². The van der Waals surface area contributed by atoms with Crippen molar-refractivity contribution >= 4 is 0 Å². The highest BCUT2D eigenvalue weighted by molar-refractivity contribution is 5.46. The first-order valence-corrected chi connectivity index (χ1v) is 16.3. The molecule has 210 valence electrons. The van der Waals surface area contributed by atoms with Crippen molar-refractivity contribution in [1.29, 1.82) is 0 Å². The Bertz CT molecular complexity index is 583. The van der Waals surface area contributed by atoms with Gasteiger partial charge in [-0.1, -0.05) is 174 Å². The minimum Gasteiger partial charge on any atom is -0.507 e. The highest BCUT2D eigenvalue weighted by atomic mass is 16.3. The average molecular weight is 501 g/mol. The minimum absolute atomic E-state index is 0.447. The molecule has 0 heterocycles. The van der Waals surface area contributed by atoms with Crippen LogP contribution in [-0.4, -0.2) is 5.11 Å². The van der Waals surface area contributed by atoms with Gasteiger partial charge in [-0.3, -0.25) is 0 Å². The molecule has 1 aromatic rings. The molecule has 0 aliphatic heterocycles. The van der Waals surface area contributed by atoms with Gasteiger partial charge in [-0.05, 0) is 42.7 Å². The maximum absolute atomic E-state index is 11.2. The third-order valence-electron chi connectivity index (χ3n) is 8.36. The summed E-state index contributed by atoms with van der Waals surface area (Å²) in [5.74, 6) is 1.49. The summed E-state index contributed by atoms with van der Waals surface area (Å²) < 4.78 is 0. The summed E-state index contributed by atoms with van der Waals surface area (Å²) in [4.78, 5) is 0. The first-order valence-electron chi connectivity index (χ1n) is 16.3. The Morgan fingerprint density at radius 2 is 0.778 bits per heavy atom. The van der Waals surface area contributed by atoms with Crippen LogP contribution in [0.3, 0.4) is 0 Å². The third kappa shape index (κ3) is 15.3. The van der Waals surface area contributed by atoms with Crippen LogP contribution < -0.4 is 0 Å².